The molecule has 0 N–H and O–H groups in total. The molecular weight excluding hydrogens is 486 g/mol. The van der Waals surface area contributed by atoms with Crippen LogP contribution in [0.4, 0.5) is 0 Å². The van der Waals surface area contributed by atoms with E-state index in [1.165, 1.54) is 0 Å². The van der Waals surface area contributed by atoms with Crippen molar-refractivity contribution in [3.8, 4) is 34.4 Å². The van der Waals surface area contributed by atoms with Gasteiger partial charge in [-0.25, -0.2) is 4.98 Å². The number of ketones is 1. The number of hydrogen-bond acceptors (Lipinski definition) is 9. The lowest BCUT2D eigenvalue weighted by atomic mass is 10.0. The third-order valence-corrected chi connectivity index (χ3v) is 7.32. The Balaban J connectivity index is 1.43. The van der Waals surface area contributed by atoms with E-state index >= 15 is 0 Å². The molecule has 5 rings (SSSR count). The minimum atomic E-state index is -0.140. The maximum atomic E-state index is 11.8. The van der Waals surface area contributed by atoms with Crippen molar-refractivity contribution in [1.82, 2.24) is 14.9 Å². The van der Waals surface area contributed by atoms with Crippen LogP contribution in [0.5, 0.6) is 23.1 Å². The SMILES string of the molecule is COc1cc(-c2cc3ncccc3c(O[C@H](C)[C@H]3CCC(=O)C3)n2)cc(OC)c1OCCN1CCOCC1. The summed E-state index contributed by atoms with van der Waals surface area (Å²) >= 11 is 0. The monoisotopic (exact) mass is 521 g/mol. The number of Topliss-reactive ketones (excluding diaryl/α,β-unsaturated/α-hetero) is 1. The number of pyridine rings is 2. The zero-order chi connectivity index (χ0) is 26.5. The maximum absolute atomic E-state index is 11.8. The Hall–Kier alpha value is -3.43. The fourth-order valence-corrected chi connectivity index (χ4v) is 5.07. The number of hydrogen-bond donors (Lipinski definition) is 0. The summed E-state index contributed by atoms with van der Waals surface area (Å²) in [5.74, 6) is 2.66. The minimum Gasteiger partial charge on any atom is -0.493 e. The van der Waals surface area contributed by atoms with E-state index in [9.17, 15) is 4.79 Å². The molecule has 2 aliphatic rings. The molecule has 1 aliphatic heterocycles. The lowest BCUT2D eigenvalue weighted by Crippen LogP contribution is -2.38. The summed E-state index contributed by atoms with van der Waals surface area (Å²) in [6, 6.07) is 9.54. The molecule has 2 fully saturated rings. The summed E-state index contributed by atoms with van der Waals surface area (Å²) in [6.45, 7) is 6.60. The topological polar surface area (TPSA) is 92.2 Å². The standard InChI is InChI=1S/C29H35N3O6/c1-19(20-6-7-22(33)15-20)38-29-23-5-4-8-30-25(23)18-24(31-29)21-16-26(34-2)28(27(17-21)35-3)37-14-11-32-9-12-36-13-10-32/h4-5,8,16-20H,6-7,9-15H2,1-3H3/t19-,20+/m1/s1. The Kier molecular flexibility index (Phi) is 8.24. The molecule has 0 amide bonds. The van der Waals surface area contributed by atoms with Crippen LogP contribution in [0.1, 0.15) is 26.2 Å². The molecule has 0 unspecified atom stereocenters. The van der Waals surface area contributed by atoms with Crippen LogP contribution < -0.4 is 18.9 Å². The molecule has 3 heterocycles. The summed E-state index contributed by atoms with van der Waals surface area (Å²) < 4.78 is 29.3. The number of methoxy groups -OCH3 is 2. The number of rotatable bonds is 10. The number of fused-ring (bicyclic) bond motifs is 1. The summed E-state index contributed by atoms with van der Waals surface area (Å²) in [6.07, 6.45) is 3.63. The fraction of sp³-hybridized carbons (Fsp3) is 0.483. The first-order valence-corrected chi connectivity index (χ1v) is 13.2. The van der Waals surface area contributed by atoms with Gasteiger partial charge in [0.05, 0.1) is 44.0 Å². The van der Waals surface area contributed by atoms with Gasteiger partial charge in [-0.05, 0) is 43.7 Å². The highest BCUT2D eigenvalue weighted by atomic mass is 16.5. The third kappa shape index (κ3) is 5.84. The van der Waals surface area contributed by atoms with Gasteiger partial charge in [-0.2, -0.15) is 0 Å². The van der Waals surface area contributed by atoms with Crippen LogP contribution in [-0.2, 0) is 9.53 Å². The number of carbonyl (C=O) groups is 1. The van der Waals surface area contributed by atoms with Crippen molar-refractivity contribution in [2.24, 2.45) is 5.92 Å². The maximum Gasteiger partial charge on any atom is 0.223 e. The summed E-state index contributed by atoms with van der Waals surface area (Å²) in [7, 11) is 3.23. The van der Waals surface area contributed by atoms with E-state index in [1.807, 2.05) is 37.3 Å². The van der Waals surface area contributed by atoms with Gasteiger partial charge in [-0.1, -0.05) is 0 Å². The van der Waals surface area contributed by atoms with Gasteiger partial charge in [0.25, 0.3) is 0 Å². The Morgan fingerprint density at radius 3 is 2.58 bits per heavy atom. The third-order valence-electron chi connectivity index (χ3n) is 7.32. The molecule has 2 aromatic heterocycles. The Morgan fingerprint density at radius 1 is 1.13 bits per heavy atom. The summed E-state index contributed by atoms with van der Waals surface area (Å²) in [4.78, 5) is 23.6. The van der Waals surface area contributed by atoms with Crippen molar-refractivity contribution >= 4 is 16.7 Å². The average molecular weight is 522 g/mol. The molecule has 9 nitrogen and oxygen atoms in total. The van der Waals surface area contributed by atoms with Gasteiger partial charge >= 0.3 is 0 Å². The molecule has 1 aliphatic carbocycles. The number of nitrogens with zero attached hydrogens (tertiary/aromatic N) is 3. The Morgan fingerprint density at radius 2 is 1.89 bits per heavy atom. The van der Waals surface area contributed by atoms with Gasteiger partial charge in [0.15, 0.2) is 11.5 Å². The van der Waals surface area contributed by atoms with E-state index in [-0.39, 0.29) is 12.0 Å². The lowest BCUT2D eigenvalue weighted by molar-refractivity contribution is -0.117. The second-order valence-electron chi connectivity index (χ2n) is 9.76. The Labute approximate surface area is 223 Å². The zero-order valence-electron chi connectivity index (χ0n) is 22.3. The molecule has 0 bridgehead atoms. The molecule has 38 heavy (non-hydrogen) atoms. The number of ether oxygens (including phenoxy) is 5. The van der Waals surface area contributed by atoms with Crippen molar-refractivity contribution in [2.75, 3.05) is 53.7 Å². The van der Waals surface area contributed by atoms with E-state index in [1.54, 1.807) is 20.4 Å². The van der Waals surface area contributed by atoms with Gasteiger partial charge in [0, 0.05) is 50.2 Å². The van der Waals surface area contributed by atoms with Gasteiger partial charge in [0.2, 0.25) is 11.6 Å². The lowest BCUT2D eigenvalue weighted by Gasteiger charge is -2.26. The molecule has 1 saturated heterocycles. The molecule has 3 aromatic rings. The first-order valence-electron chi connectivity index (χ1n) is 13.2. The first kappa shape index (κ1) is 26.2. The van der Waals surface area contributed by atoms with Crippen molar-refractivity contribution in [2.45, 2.75) is 32.3 Å². The van der Waals surface area contributed by atoms with Crippen LogP contribution in [0, 0.1) is 5.92 Å². The smallest absolute Gasteiger partial charge is 0.223 e. The number of benzene rings is 1. The molecule has 0 spiro atoms. The Bertz CT molecular complexity index is 1250. The van der Waals surface area contributed by atoms with Crippen LogP contribution in [0.25, 0.3) is 22.2 Å². The van der Waals surface area contributed by atoms with Gasteiger partial charge < -0.3 is 23.7 Å². The van der Waals surface area contributed by atoms with E-state index in [2.05, 4.69) is 9.88 Å². The van der Waals surface area contributed by atoms with E-state index in [4.69, 9.17) is 28.7 Å². The number of aromatic nitrogens is 2. The summed E-state index contributed by atoms with van der Waals surface area (Å²) in [5.41, 5.74) is 2.24. The van der Waals surface area contributed by atoms with E-state index < -0.39 is 0 Å². The normalized spacial score (nSPS) is 18.9. The highest BCUT2D eigenvalue weighted by molar-refractivity contribution is 5.87. The highest BCUT2D eigenvalue weighted by Gasteiger charge is 2.29. The van der Waals surface area contributed by atoms with Gasteiger partial charge in [0.1, 0.15) is 18.5 Å². The quantitative estimate of drug-likeness (QED) is 0.390. The largest absolute Gasteiger partial charge is 0.493 e. The van der Waals surface area contributed by atoms with Crippen molar-refractivity contribution in [3.63, 3.8) is 0 Å². The number of carbonyl (C=O) groups excluding carboxylic acids is 1. The predicted molar refractivity (Wildman–Crippen MR) is 143 cm³/mol. The molecule has 202 valence electrons. The zero-order valence-corrected chi connectivity index (χ0v) is 22.3. The fourth-order valence-electron chi connectivity index (χ4n) is 5.07. The molecular formula is C29H35N3O6. The predicted octanol–water partition coefficient (Wildman–Crippen LogP) is 4.16. The van der Waals surface area contributed by atoms with Gasteiger partial charge in [-0.3, -0.25) is 14.7 Å². The van der Waals surface area contributed by atoms with Gasteiger partial charge in [-0.15, -0.1) is 0 Å². The van der Waals surface area contributed by atoms with Crippen LogP contribution in [-0.4, -0.2) is 80.4 Å². The number of morpholine rings is 1. The van der Waals surface area contributed by atoms with Crippen molar-refractivity contribution in [3.05, 3.63) is 36.5 Å². The molecule has 2 atom stereocenters. The first-order chi connectivity index (χ1) is 18.6. The van der Waals surface area contributed by atoms with E-state index in [0.29, 0.717) is 54.1 Å². The highest BCUT2D eigenvalue weighted by Crippen LogP contribution is 2.42. The van der Waals surface area contributed by atoms with Crippen LogP contribution in [0.2, 0.25) is 0 Å². The molecule has 9 heteroatoms. The minimum absolute atomic E-state index is 0.140. The summed E-state index contributed by atoms with van der Waals surface area (Å²) in [5, 5.41) is 0.828. The van der Waals surface area contributed by atoms with Crippen molar-refractivity contribution in [1.29, 1.82) is 0 Å². The van der Waals surface area contributed by atoms with Crippen LogP contribution >= 0.6 is 0 Å². The van der Waals surface area contributed by atoms with Crippen LogP contribution in [0.15, 0.2) is 36.5 Å². The van der Waals surface area contributed by atoms with Crippen molar-refractivity contribution < 1.29 is 28.5 Å². The second kappa shape index (κ2) is 12.0. The second-order valence-corrected chi connectivity index (χ2v) is 9.76. The molecule has 0 radical (unpaired) electrons. The molecule has 1 saturated carbocycles. The van der Waals surface area contributed by atoms with Crippen LogP contribution in [0.3, 0.4) is 0 Å². The molecule has 1 aromatic carbocycles. The van der Waals surface area contributed by atoms with E-state index in [0.717, 1.165) is 55.7 Å². The average Bonchev–Trinajstić information content (AvgIpc) is 3.39.